The zero-order chi connectivity index (χ0) is 38.0. The van der Waals surface area contributed by atoms with Crippen molar-refractivity contribution in [1.82, 2.24) is 24.5 Å². The van der Waals surface area contributed by atoms with Crippen LogP contribution in [0.15, 0.2) is 0 Å². The van der Waals surface area contributed by atoms with Gasteiger partial charge in [-0.25, -0.2) is 0 Å². The van der Waals surface area contributed by atoms with Crippen molar-refractivity contribution in [2.75, 3.05) is 96.4 Å². The van der Waals surface area contributed by atoms with E-state index in [0.29, 0.717) is 9.80 Å². The molecule has 0 amide bonds. The van der Waals surface area contributed by atoms with Crippen LogP contribution in [0.1, 0.15) is 0 Å². The molecule has 0 aromatic rings. The topological polar surface area (TPSA) is 439 Å². The molecule has 0 aliphatic rings. The molecule has 0 aromatic heterocycles. The Morgan fingerprint density at radius 3 is 0.455 bits per heavy atom. The third-order valence-electron chi connectivity index (χ3n) is 5.58. The Hall–Kier alpha value is 12.3. The Labute approximate surface area is 616 Å². The van der Waals surface area contributed by atoms with E-state index in [2.05, 4.69) is 0 Å². The summed E-state index contributed by atoms with van der Waals surface area (Å²) < 4.78 is 79.9. The van der Waals surface area contributed by atoms with Crippen LogP contribution in [0.3, 0.4) is 0 Å². The van der Waals surface area contributed by atoms with E-state index in [0.717, 1.165) is 14.7 Å². The van der Waals surface area contributed by atoms with Crippen LogP contribution in [0.4, 0.5) is 0 Å². The van der Waals surface area contributed by atoms with Crippen molar-refractivity contribution >= 4 is 53.2 Å². The van der Waals surface area contributed by atoms with Gasteiger partial charge >= 0.3 is 360 Å². The van der Waals surface area contributed by atoms with Gasteiger partial charge in [-0.15, -0.1) is 0 Å². The first-order chi connectivity index (χ1) is 21.1. The summed E-state index contributed by atoms with van der Waals surface area (Å²) in [6, 6.07) is 0. The van der Waals surface area contributed by atoms with Crippen molar-refractivity contribution < 1.29 is 460 Å². The summed E-state index contributed by atoms with van der Waals surface area (Å²) in [6.45, 7) is -4.68. The van der Waals surface area contributed by atoms with Gasteiger partial charge in [0.2, 0.25) is 0 Å². The van der Waals surface area contributed by atoms with Crippen LogP contribution in [0.5, 0.6) is 0 Å². The Balaban J connectivity index is -0.000000526. The predicted molar refractivity (Wildman–Crippen MR) is 151 cm³/mol. The van der Waals surface area contributed by atoms with Crippen LogP contribution in [0, 0.1) is 0 Å². The second-order valence-electron chi connectivity index (χ2n) is 10.6. The second kappa shape index (κ2) is 39.8. The van der Waals surface area contributed by atoms with Crippen molar-refractivity contribution in [3.63, 3.8) is 0 Å². The zero-order valence-electron chi connectivity index (χ0n) is 31.8. The summed E-state index contributed by atoms with van der Waals surface area (Å²) >= 11 is 0. The van der Waals surface area contributed by atoms with Gasteiger partial charge < -0.3 is 100 Å². The maximum Gasteiger partial charge on any atom is 1.00 e. The minimum absolute atomic E-state index is 0. The quantitative estimate of drug-likeness (QED) is 0.0312. The van der Waals surface area contributed by atoms with Crippen LogP contribution in [0.25, 0.3) is 0 Å². The maximum absolute atomic E-state index is 11.7. The molecule has 0 rings (SSSR count). The molecule has 0 saturated carbocycles. The van der Waals surface area contributed by atoms with Crippen molar-refractivity contribution in [2.45, 2.75) is 0 Å². The number of rotatable bonds is 26. The Kier molecular flexibility index (Phi) is 60.9. The number of nitrogens with zero attached hydrogens (tertiary/aromatic N) is 5. The molecule has 0 aliphatic heterocycles. The molecule has 40 heteroatoms. The van der Waals surface area contributed by atoms with Crippen molar-refractivity contribution in [1.29, 1.82) is 0 Å². The standard InChI is InChI=1S/C15H44N5O21P7.7K/c21-42(22,23)9-16(1-3-17(10-43(24,25)26)5-7-19(12-45(30,31)32)13-46(33,34)35)2-4-18(11-44(27,28)29)6-8-20(14-47(36,37)38)15-48(39,40)41;;;;;;;/h1-15H2,(H2,21,22,23)(H2,24,25,26)(H2,27,28,29)(H2,30,31,32)(H2,33,34,35)(H2,36,37,38)(H2,39,40,41);;;;;;;/q;7*+1/p-7. The first-order valence-electron chi connectivity index (χ1n) is 12.9. The molecule has 0 saturated heterocycles. The molecule has 0 aromatic carbocycles. The normalized spacial score (nSPS) is 19.0. The first kappa shape index (κ1) is 84.1. The zero-order valence-corrected chi connectivity index (χ0v) is 59.9. The van der Waals surface area contributed by atoms with E-state index in [1.165, 1.54) is 0 Å². The summed E-state index contributed by atoms with van der Waals surface area (Å²) in [5.41, 5.74) is 0. The fourth-order valence-electron chi connectivity index (χ4n) is 4.03. The number of hydrogen-bond donors (Lipinski definition) is 7. The molecular weight excluding hydrogens is 1080 g/mol. The smallest absolute Gasteiger partial charge is 0.778 e. The molecule has 0 aliphatic carbocycles. The van der Waals surface area contributed by atoms with Crippen LogP contribution >= 0.6 is 53.2 Å². The molecular formula is C15H37K7N5O21P7. The van der Waals surface area contributed by atoms with E-state index in [4.69, 9.17) is 19.6 Å². The monoisotopic (exact) mass is 1110 g/mol. The Morgan fingerprint density at radius 2 is 0.345 bits per heavy atom. The molecule has 0 radical (unpaired) electrons. The van der Waals surface area contributed by atoms with Gasteiger partial charge in [-0.3, -0.25) is 24.5 Å². The van der Waals surface area contributed by atoms with E-state index in [-0.39, 0.29) is 360 Å². The maximum atomic E-state index is 11.7. The largest absolute Gasteiger partial charge is 1.00 e. The molecule has 26 nitrogen and oxygen atoms in total. The molecule has 290 valence electrons. The van der Waals surface area contributed by atoms with E-state index >= 15 is 0 Å². The summed E-state index contributed by atoms with van der Waals surface area (Å²) in [5.74, 6) is 0. The molecule has 55 heavy (non-hydrogen) atoms. The first-order valence-corrected chi connectivity index (χ1v) is 25.3. The second-order valence-corrected chi connectivity index (χ2v) is 21.5. The van der Waals surface area contributed by atoms with Crippen LogP contribution in [-0.2, 0) is 32.0 Å². The third-order valence-corrected chi connectivity index (χ3v) is 10.9. The molecule has 7 N–H and O–H groups in total. The van der Waals surface area contributed by atoms with Gasteiger partial charge in [0.1, 0.15) is 53.2 Å². The van der Waals surface area contributed by atoms with Crippen molar-refractivity contribution in [3.05, 3.63) is 0 Å². The van der Waals surface area contributed by atoms with Gasteiger partial charge in [0.25, 0.3) is 0 Å². The van der Waals surface area contributed by atoms with Crippen LogP contribution in [-0.4, -0.2) is 155 Å². The molecule has 7 atom stereocenters. The summed E-state index contributed by atoms with van der Waals surface area (Å²) in [7, 11) is -36.1. The van der Waals surface area contributed by atoms with Gasteiger partial charge in [0, 0.05) is 52.4 Å². The molecule has 0 heterocycles. The summed E-state index contributed by atoms with van der Waals surface area (Å²) in [5, 5.41) is 0. The van der Waals surface area contributed by atoms with E-state index in [9.17, 15) is 80.9 Å². The van der Waals surface area contributed by atoms with E-state index in [1.807, 2.05) is 0 Å². The average molecular weight is 1110 g/mol. The van der Waals surface area contributed by atoms with Gasteiger partial charge in [0.15, 0.2) is 0 Å². The molecule has 0 fully saturated rings. The SMILES string of the molecule is O=P([O-])(O)CN(CCN(CCN(CP(=O)([O-])O)CP(=O)([O-])O)CP(=O)([O-])O)CCN(CCN(CP(=O)([O-])O)CP(=O)([O-])O)CP(=O)([O-])O.[K+].[K+].[K+].[K+].[K+].[K+].[K+]. The van der Waals surface area contributed by atoms with E-state index in [1.54, 1.807) is 0 Å². The van der Waals surface area contributed by atoms with Gasteiger partial charge in [-0.1, -0.05) is 0 Å². The van der Waals surface area contributed by atoms with Crippen molar-refractivity contribution in [3.8, 4) is 0 Å². The van der Waals surface area contributed by atoms with Crippen LogP contribution < -0.4 is 394 Å². The molecule has 7 unspecified atom stereocenters. The minimum Gasteiger partial charge on any atom is -0.778 e. The fourth-order valence-corrected chi connectivity index (χ4v) is 9.70. The average Bonchev–Trinajstić information content (AvgIpc) is 2.75. The van der Waals surface area contributed by atoms with Crippen LogP contribution in [0.2, 0.25) is 0 Å². The van der Waals surface area contributed by atoms with Gasteiger partial charge in [-0.2, -0.15) is 0 Å². The summed E-state index contributed by atoms with van der Waals surface area (Å²) in [6.07, 6.45) is -8.77. The molecule has 0 bridgehead atoms. The summed E-state index contributed by atoms with van der Waals surface area (Å²) in [4.78, 5) is 148. The molecule has 0 spiro atoms. The van der Waals surface area contributed by atoms with Gasteiger partial charge in [-0.05, 0) is 0 Å². The van der Waals surface area contributed by atoms with E-state index < -0.39 is 150 Å². The van der Waals surface area contributed by atoms with Crippen molar-refractivity contribution in [2.24, 2.45) is 0 Å². The van der Waals surface area contributed by atoms with Gasteiger partial charge in [0.05, 0.1) is 44.0 Å². The Morgan fingerprint density at radius 1 is 0.255 bits per heavy atom. The fraction of sp³-hybridized carbons (Fsp3) is 1.00. The minimum atomic E-state index is -5.16. The Bertz CT molecular complexity index is 1220. The third kappa shape index (κ3) is 60.5. The predicted octanol–water partition coefficient (Wildman–Crippen LogP) is -29.0. The number of hydrogen-bond acceptors (Lipinski definition) is 19.